The van der Waals surface area contributed by atoms with Crippen molar-refractivity contribution in [2.24, 2.45) is 0 Å². The predicted octanol–water partition coefficient (Wildman–Crippen LogP) is 2.22. The third kappa shape index (κ3) is 1.94. The summed E-state index contributed by atoms with van der Waals surface area (Å²) in [5, 5.41) is 27.5. The summed E-state index contributed by atoms with van der Waals surface area (Å²) < 4.78 is 0. The molecule has 100 valence electrons. The molecule has 0 saturated carbocycles. The van der Waals surface area contributed by atoms with Gasteiger partial charge in [-0.1, -0.05) is 11.6 Å². The van der Waals surface area contributed by atoms with Crippen molar-refractivity contribution in [3.05, 3.63) is 62.8 Å². The maximum absolute atomic E-state index is 12.2. The van der Waals surface area contributed by atoms with Crippen molar-refractivity contribution >= 4 is 28.3 Å². The molecule has 1 aromatic heterocycles. The van der Waals surface area contributed by atoms with Crippen LogP contribution in [0, 0.1) is 15.3 Å². The number of halogens is 1. The van der Waals surface area contributed by atoms with E-state index < -0.39 is 4.92 Å². The number of nitrogens with zero attached hydrogens (tertiary/aromatic N) is 4. The highest BCUT2D eigenvalue weighted by Gasteiger charge is 2.19. The molecule has 2 aromatic carbocycles. The monoisotopic (exact) mass is 290 g/mol. The molecule has 7 nitrogen and oxygen atoms in total. The average molecular weight is 291 g/mol. The number of non-ortho nitro benzene ring substituents is 1. The zero-order chi connectivity index (χ0) is 14.3. The van der Waals surface area contributed by atoms with Crippen molar-refractivity contribution in [1.29, 1.82) is 0 Å². The van der Waals surface area contributed by atoms with Crippen molar-refractivity contribution in [2.75, 3.05) is 0 Å². The number of hydrogen-bond donors (Lipinski definition) is 0. The Morgan fingerprint density at radius 2 is 1.90 bits per heavy atom. The minimum absolute atomic E-state index is 0.133. The number of aromatic nitrogens is 3. The van der Waals surface area contributed by atoms with Crippen LogP contribution in [0.25, 0.3) is 16.7 Å². The smallest absolute Gasteiger partial charge is 0.274 e. The fourth-order valence-corrected chi connectivity index (χ4v) is 1.97. The molecule has 1 heterocycles. The zero-order valence-electron chi connectivity index (χ0n) is 9.93. The van der Waals surface area contributed by atoms with Crippen LogP contribution in [0.5, 0.6) is 0 Å². The van der Waals surface area contributed by atoms with Crippen molar-refractivity contribution in [1.82, 2.24) is 9.90 Å². The highest BCUT2D eigenvalue weighted by atomic mass is 35.5. The molecule has 0 unspecified atom stereocenters. The molecule has 0 saturated heterocycles. The summed E-state index contributed by atoms with van der Waals surface area (Å²) in [7, 11) is 0. The van der Waals surface area contributed by atoms with Crippen molar-refractivity contribution < 1.29 is 9.77 Å². The molecule has 0 bridgehead atoms. The van der Waals surface area contributed by atoms with E-state index in [1.807, 2.05) is 0 Å². The van der Waals surface area contributed by atoms with Gasteiger partial charge in [0.1, 0.15) is 5.69 Å². The highest BCUT2D eigenvalue weighted by molar-refractivity contribution is 6.30. The highest BCUT2D eigenvalue weighted by Crippen LogP contribution is 2.18. The lowest BCUT2D eigenvalue weighted by Crippen LogP contribution is -2.37. The minimum atomic E-state index is -0.556. The predicted molar refractivity (Wildman–Crippen MR) is 71.7 cm³/mol. The average Bonchev–Trinajstić information content (AvgIpc) is 2.76. The van der Waals surface area contributed by atoms with Gasteiger partial charge in [0.25, 0.3) is 11.2 Å². The fourth-order valence-electron chi connectivity index (χ4n) is 1.84. The fraction of sp³-hybridized carbons (Fsp3) is 0. The Morgan fingerprint density at radius 3 is 2.55 bits per heavy atom. The van der Waals surface area contributed by atoms with Crippen LogP contribution in [0.15, 0.2) is 42.5 Å². The van der Waals surface area contributed by atoms with Gasteiger partial charge in [-0.25, -0.2) is 0 Å². The molecule has 8 heteroatoms. The second-order valence-electron chi connectivity index (χ2n) is 4.07. The third-order valence-corrected chi connectivity index (χ3v) is 3.06. The van der Waals surface area contributed by atoms with Crippen molar-refractivity contribution in [3.63, 3.8) is 0 Å². The van der Waals surface area contributed by atoms with Gasteiger partial charge in [-0.05, 0) is 29.1 Å². The number of fused-ring (bicyclic) bond motifs is 1. The van der Waals surface area contributed by atoms with Crippen LogP contribution in [0.2, 0.25) is 5.02 Å². The molecular formula is C12H7ClN4O3. The van der Waals surface area contributed by atoms with Gasteiger partial charge in [0.2, 0.25) is 5.52 Å². The standard InChI is InChI=1S/C12H7ClN4O3/c13-8-1-3-9(4-2-8)15-14-11-6-5-10(17(19)20)7-12(11)16(15)18/h1-7H. The second-order valence-corrected chi connectivity index (χ2v) is 4.51. The van der Waals surface area contributed by atoms with E-state index in [2.05, 4.69) is 5.10 Å². The van der Waals surface area contributed by atoms with E-state index in [1.54, 1.807) is 24.3 Å². The molecule has 0 fully saturated rings. The van der Waals surface area contributed by atoms with Gasteiger partial charge in [-0.2, -0.15) is 0 Å². The molecule has 0 aliphatic heterocycles. The Labute approximate surface area is 117 Å². The molecule has 0 amide bonds. The van der Waals surface area contributed by atoms with Crippen molar-refractivity contribution in [3.8, 4) is 5.69 Å². The lowest BCUT2D eigenvalue weighted by atomic mass is 10.3. The van der Waals surface area contributed by atoms with E-state index in [0.717, 1.165) is 4.80 Å². The first-order valence-electron chi connectivity index (χ1n) is 5.59. The van der Waals surface area contributed by atoms with Crippen LogP contribution in [-0.2, 0) is 0 Å². The normalized spacial score (nSPS) is 10.8. The van der Waals surface area contributed by atoms with E-state index >= 15 is 0 Å². The summed E-state index contributed by atoms with van der Waals surface area (Å²) in [6.07, 6.45) is 0. The molecule has 0 spiro atoms. The van der Waals surface area contributed by atoms with Gasteiger partial charge in [0.15, 0.2) is 0 Å². The van der Waals surface area contributed by atoms with E-state index in [9.17, 15) is 15.3 Å². The Morgan fingerprint density at radius 1 is 1.20 bits per heavy atom. The molecule has 0 aliphatic carbocycles. The van der Waals surface area contributed by atoms with Gasteiger partial charge in [0.05, 0.1) is 16.1 Å². The molecule has 0 radical (unpaired) electrons. The summed E-state index contributed by atoms with van der Waals surface area (Å²) in [4.78, 5) is 11.8. The molecule has 0 N–H and O–H groups in total. The van der Waals surface area contributed by atoms with Crippen LogP contribution in [0.1, 0.15) is 0 Å². The molecule has 0 aliphatic rings. The van der Waals surface area contributed by atoms with Crippen LogP contribution < -0.4 is 4.85 Å². The summed E-state index contributed by atoms with van der Waals surface area (Å²) in [6.45, 7) is 0. The molecule has 0 atom stereocenters. The number of nitro benzene ring substituents is 1. The lowest BCUT2D eigenvalue weighted by molar-refractivity contribution is -0.664. The van der Waals surface area contributed by atoms with Gasteiger partial charge in [0, 0.05) is 17.2 Å². The quantitative estimate of drug-likeness (QED) is 0.313. The molecule has 3 aromatic rings. The van der Waals surface area contributed by atoms with Crippen LogP contribution in [0.4, 0.5) is 5.69 Å². The molecule has 3 rings (SSSR count). The van der Waals surface area contributed by atoms with E-state index in [1.165, 1.54) is 18.2 Å². The first-order chi connectivity index (χ1) is 9.56. The van der Waals surface area contributed by atoms with E-state index in [4.69, 9.17) is 11.6 Å². The van der Waals surface area contributed by atoms with Gasteiger partial charge >= 0.3 is 0 Å². The first-order valence-corrected chi connectivity index (χ1v) is 5.97. The van der Waals surface area contributed by atoms with Gasteiger partial charge in [-0.3, -0.25) is 10.1 Å². The Hall–Kier alpha value is -2.67. The number of hydrogen-bond acceptors (Lipinski definition) is 4. The van der Waals surface area contributed by atoms with E-state index in [-0.39, 0.29) is 11.2 Å². The number of rotatable bonds is 2. The SMILES string of the molecule is O=[N+]([O-])c1ccc2nn(-c3ccc(Cl)cc3)[n+]([O-])c2c1. The zero-order valence-corrected chi connectivity index (χ0v) is 10.7. The van der Waals surface area contributed by atoms with Gasteiger partial charge in [-0.15, -0.1) is 4.85 Å². The summed E-state index contributed by atoms with van der Waals surface area (Å²) in [5.41, 5.74) is 0.871. The maximum Gasteiger partial charge on any atom is 0.274 e. The summed E-state index contributed by atoms with van der Waals surface area (Å²) in [5.74, 6) is 0. The van der Waals surface area contributed by atoms with Crippen LogP contribution in [0.3, 0.4) is 0 Å². The van der Waals surface area contributed by atoms with E-state index in [0.29, 0.717) is 21.1 Å². The van der Waals surface area contributed by atoms with Gasteiger partial charge < -0.3 is 5.21 Å². The minimum Gasteiger partial charge on any atom is -0.692 e. The van der Waals surface area contributed by atoms with Crippen molar-refractivity contribution in [2.45, 2.75) is 0 Å². The number of nitro groups is 1. The summed E-state index contributed by atoms with van der Waals surface area (Å²) >= 11 is 5.78. The lowest BCUT2D eigenvalue weighted by Gasteiger charge is -2.03. The molecule has 20 heavy (non-hydrogen) atoms. The van der Waals surface area contributed by atoms with Crippen LogP contribution >= 0.6 is 11.6 Å². The third-order valence-electron chi connectivity index (χ3n) is 2.81. The topological polar surface area (TPSA) is 87.9 Å². The Bertz CT molecular complexity index is 813. The Balaban J connectivity index is 2.20. The Kier molecular flexibility index (Phi) is 2.76. The van der Waals surface area contributed by atoms with Crippen LogP contribution in [-0.4, -0.2) is 14.8 Å². The largest absolute Gasteiger partial charge is 0.692 e. The maximum atomic E-state index is 12.2. The number of benzene rings is 2. The second kappa shape index (κ2) is 4.46. The summed E-state index contributed by atoms with van der Waals surface area (Å²) in [6, 6.07) is 10.5. The first kappa shape index (κ1) is 12.4. The molecular weight excluding hydrogens is 284 g/mol.